The number of amides is 3. The molecule has 0 bridgehead atoms. The number of hydrogen-bond acceptors (Lipinski definition) is 3. The summed E-state index contributed by atoms with van der Waals surface area (Å²) in [7, 11) is 1.59. The van der Waals surface area contributed by atoms with Gasteiger partial charge in [0.2, 0.25) is 0 Å². The lowest BCUT2D eigenvalue weighted by atomic mass is 9.95. The molecular formula is C20H29N3O3. The van der Waals surface area contributed by atoms with Crippen LogP contribution in [0.3, 0.4) is 0 Å². The molecule has 0 unspecified atom stereocenters. The Morgan fingerprint density at radius 1 is 1.27 bits per heavy atom. The minimum absolute atomic E-state index is 0.0103. The molecule has 0 fully saturated rings. The summed E-state index contributed by atoms with van der Waals surface area (Å²) >= 11 is 0. The molecule has 1 aliphatic carbocycles. The second kappa shape index (κ2) is 9.97. The number of urea groups is 1. The third kappa shape index (κ3) is 5.59. The number of hydrogen-bond donors (Lipinski definition) is 3. The molecule has 0 saturated carbocycles. The lowest BCUT2D eigenvalue weighted by Gasteiger charge is -2.21. The van der Waals surface area contributed by atoms with Gasteiger partial charge in [-0.1, -0.05) is 17.7 Å². The molecule has 1 aliphatic rings. The first kappa shape index (κ1) is 20.0. The monoisotopic (exact) mass is 359 g/mol. The number of carbonyl (C=O) groups excluding carboxylic acids is 2. The third-order valence-corrected chi connectivity index (χ3v) is 4.65. The topological polar surface area (TPSA) is 79.5 Å². The molecule has 2 rings (SSSR count). The van der Waals surface area contributed by atoms with Crippen LogP contribution in [0.1, 0.15) is 48.5 Å². The number of ether oxygens (including phenoxy) is 1. The summed E-state index contributed by atoms with van der Waals surface area (Å²) in [5.74, 6) is -0.177. The van der Waals surface area contributed by atoms with Crippen molar-refractivity contribution in [1.82, 2.24) is 10.6 Å². The fourth-order valence-corrected chi connectivity index (χ4v) is 3.08. The average Bonchev–Trinajstić information content (AvgIpc) is 2.64. The van der Waals surface area contributed by atoms with Gasteiger partial charge in [0, 0.05) is 30.9 Å². The highest BCUT2D eigenvalue weighted by atomic mass is 16.5. The van der Waals surface area contributed by atoms with Crippen LogP contribution in [-0.2, 0) is 4.74 Å². The molecule has 1 atom stereocenters. The standard InChI is InChI=1S/C20H29N3O3/c1-14-17(19(24)21-12-13-26-3)10-7-11-18(14)23-20(25)22-15(2)16-8-5-4-6-9-16/h7-8,10-11,15H,4-6,9,12-13H2,1-3H3,(H,21,24)(H2,22,23,25)/t15-/m0/s1. The van der Waals surface area contributed by atoms with Crippen molar-refractivity contribution >= 4 is 17.6 Å². The van der Waals surface area contributed by atoms with E-state index in [1.807, 2.05) is 13.8 Å². The van der Waals surface area contributed by atoms with Crippen molar-refractivity contribution in [2.24, 2.45) is 0 Å². The maximum atomic E-state index is 12.3. The minimum Gasteiger partial charge on any atom is -0.383 e. The van der Waals surface area contributed by atoms with E-state index in [0.717, 1.165) is 18.4 Å². The van der Waals surface area contributed by atoms with Crippen LogP contribution in [0.5, 0.6) is 0 Å². The lowest BCUT2D eigenvalue weighted by molar-refractivity contribution is 0.0936. The van der Waals surface area contributed by atoms with Crippen molar-refractivity contribution in [3.63, 3.8) is 0 Å². The third-order valence-electron chi connectivity index (χ3n) is 4.65. The Morgan fingerprint density at radius 3 is 2.77 bits per heavy atom. The smallest absolute Gasteiger partial charge is 0.319 e. The van der Waals surface area contributed by atoms with Gasteiger partial charge >= 0.3 is 6.03 Å². The Labute approximate surface area is 155 Å². The van der Waals surface area contributed by atoms with Gasteiger partial charge in [-0.2, -0.15) is 0 Å². The van der Waals surface area contributed by atoms with E-state index in [1.165, 1.54) is 18.4 Å². The molecule has 1 aromatic rings. The summed E-state index contributed by atoms with van der Waals surface area (Å²) in [5.41, 5.74) is 3.20. The van der Waals surface area contributed by atoms with E-state index in [1.54, 1.807) is 25.3 Å². The molecule has 3 N–H and O–H groups in total. The van der Waals surface area contributed by atoms with Crippen LogP contribution in [0.15, 0.2) is 29.8 Å². The van der Waals surface area contributed by atoms with Crippen molar-refractivity contribution in [1.29, 1.82) is 0 Å². The summed E-state index contributed by atoms with van der Waals surface area (Å²) in [5, 5.41) is 8.64. The van der Waals surface area contributed by atoms with E-state index >= 15 is 0 Å². The summed E-state index contributed by atoms with van der Waals surface area (Å²) in [6.45, 7) is 4.73. The van der Waals surface area contributed by atoms with Crippen molar-refractivity contribution < 1.29 is 14.3 Å². The van der Waals surface area contributed by atoms with Gasteiger partial charge in [-0.25, -0.2) is 4.79 Å². The van der Waals surface area contributed by atoms with Crippen LogP contribution in [0.4, 0.5) is 10.5 Å². The molecule has 1 aromatic carbocycles. The van der Waals surface area contributed by atoms with E-state index in [2.05, 4.69) is 22.0 Å². The van der Waals surface area contributed by atoms with Gasteiger partial charge in [0.15, 0.2) is 0 Å². The highest BCUT2D eigenvalue weighted by molar-refractivity contribution is 5.99. The van der Waals surface area contributed by atoms with Gasteiger partial charge < -0.3 is 20.7 Å². The van der Waals surface area contributed by atoms with Crippen LogP contribution < -0.4 is 16.0 Å². The van der Waals surface area contributed by atoms with E-state index in [4.69, 9.17) is 4.74 Å². The number of benzene rings is 1. The Hall–Kier alpha value is -2.34. The second-order valence-corrected chi connectivity index (χ2v) is 6.57. The van der Waals surface area contributed by atoms with Crippen molar-refractivity contribution in [3.05, 3.63) is 41.0 Å². The van der Waals surface area contributed by atoms with Gasteiger partial charge in [0.25, 0.3) is 5.91 Å². The lowest BCUT2D eigenvalue weighted by Crippen LogP contribution is -2.37. The Morgan fingerprint density at radius 2 is 2.08 bits per heavy atom. The number of allylic oxidation sites excluding steroid dienone is 1. The number of rotatable bonds is 7. The first-order valence-electron chi connectivity index (χ1n) is 9.16. The van der Waals surface area contributed by atoms with Crippen LogP contribution in [0, 0.1) is 6.92 Å². The van der Waals surface area contributed by atoms with E-state index in [9.17, 15) is 9.59 Å². The van der Waals surface area contributed by atoms with Crippen LogP contribution in [-0.4, -0.2) is 38.2 Å². The van der Waals surface area contributed by atoms with E-state index < -0.39 is 0 Å². The van der Waals surface area contributed by atoms with Crippen LogP contribution in [0.2, 0.25) is 0 Å². The highest BCUT2D eigenvalue weighted by Crippen LogP contribution is 2.21. The van der Waals surface area contributed by atoms with Crippen molar-refractivity contribution in [2.45, 2.75) is 45.6 Å². The van der Waals surface area contributed by atoms with Gasteiger partial charge in [-0.15, -0.1) is 0 Å². The summed E-state index contributed by atoms with van der Waals surface area (Å²) in [6.07, 6.45) is 6.75. The molecule has 0 aliphatic heterocycles. The maximum absolute atomic E-state index is 12.3. The molecule has 0 spiro atoms. The fraction of sp³-hybridized carbons (Fsp3) is 0.500. The zero-order valence-corrected chi connectivity index (χ0v) is 15.9. The van der Waals surface area contributed by atoms with Gasteiger partial charge in [0.05, 0.1) is 6.61 Å². The number of nitrogens with one attached hydrogen (secondary N) is 3. The molecule has 6 heteroatoms. The fourth-order valence-electron chi connectivity index (χ4n) is 3.08. The number of anilines is 1. The Balaban J connectivity index is 1.98. The molecule has 6 nitrogen and oxygen atoms in total. The molecule has 3 amide bonds. The molecule has 0 heterocycles. The van der Waals surface area contributed by atoms with Crippen LogP contribution >= 0.6 is 0 Å². The molecule has 26 heavy (non-hydrogen) atoms. The molecule has 0 aromatic heterocycles. The largest absolute Gasteiger partial charge is 0.383 e. The first-order chi connectivity index (χ1) is 12.5. The van der Waals surface area contributed by atoms with Crippen LogP contribution in [0.25, 0.3) is 0 Å². The average molecular weight is 359 g/mol. The molecular weight excluding hydrogens is 330 g/mol. The van der Waals surface area contributed by atoms with Gasteiger partial charge in [0.1, 0.15) is 0 Å². The van der Waals surface area contributed by atoms with Gasteiger partial charge in [-0.3, -0.25) is 4.79 Å². The predicted molar refractivity (Wildman–Crippen MR) is 104 cm³/mol. The molecule has 0 saturated heterocycles. The number of carbonyl (C=O) groups is 2. The first-order valence-corrected chi connectivity index (χ1v) is 9.16. The Bertz CT molecular complexity index is 670. The van der Waals surface area contributed by atoms with E-state index in [-0.39, 0.29) is 18.0 Å². The quantitative estimate of drug-likeness (QED) is 0.516. The molecule has 0 radical (unpaired) electrons. The van der Waals surface area contributed by atoms with Gasteiger partial charge in [-0.05, 0) is 57.2 Å². The van der Waals surface area contributed by atoms with E-state index in [0.29, 0.717) is 24.4 Å². The van der Waals surface area contributed by atoms with Crippen molar-refractivity contribution in [2.75, 3.05) is 25.6 Å². The second-order valence-electron chi connectivity index (χ2n) is 6.57. The Kier molecular flexibility index (Phi) is 7.66. The van der Waals surface area contributed by atoms with Crippen molar-refractivity contribution in [3.8, 4) is 0 Å². The summed E-state index contributed by atoms with van der Waals surface area (Å²) < 4.78 is 4.94. The number of methoxy groups -OCH3 is 1. The predicted octanol–water partition coefficient (Wildman–Crippen LogP) is 3.38. The zero-order valence-electron chi connectivity index (χ0n) is 15.9. The maximum Gasteiger partial charge on any atom is 0.319 e. The normalized spacial score (nSPS) is 15.0. The molecule has 142 valence electrons. The SMILES string of the molecule is COCCNC(=O)c1cccc(NC(=O)N[C@@H](C)C2=CCCCC2)c1C. The highest BCUT2D eigenvalue weighted by Gasteiger charge is 2.16. The minimum atomic E-state index is -0.260. The zero-order chi connectivity index (χ0) is 18.9. The summed E-state index contributed by atoms with van der Waals surface area (Å²) in [4.78, 5) is 24.6. The summed E-state index contributed by atoms with van der Waals surface area (Å²) in [6, 6.07) is 5.06.